The molecule has 2 amide bonds. The molecule has 160 valence electrons. The zero-order chi connectivity index (χ0) is 20.7. The van der Waals surface area contributed by atoms with Crippen LogP contribution >= 0.6 is 0 Å². The molecule has 0 aromatic heterocycles. The Balaban J connectivity index is 1.57. The van der Waals surface area contributed by atoms with Crippen molar-refractivity contribution in [3.8, 4) is 0 Å². The lowest BCUT2D eigenvalue weighted by Gasteiger charge is -2.34. The molecule has 2 aliphatic rings. The Labute approximate surface area is 172 Å². The first-order valence-corrected chi connectivity index (χ1v) is 11.7. The van der Waals surface area contributed by atoms with E-state index in [0.717, 1.165) is 38.5 Å². The van der Waals surface area contributed by atoms with E-state index in [1.807, 2.05) is 0 Å². The monoisotopic (exact) mass is 423 g/mol. The summed E-state index contributed by atoms with van der Waals surface area (Å²) in [6.07, 6.45) is 5.90. The molecule has 1 aromatic carbocycles. The first-order chi connectivity index (χ1) is 14.0. The van der Waals surface area contributed by atoms with Gasteiger partial charge in [0.2, 0.25) is 10.0 Å². The minimum absolute atomic E-state index is 0.0247. The maximum absolute atomic E-state index is 12.9. The quantitative estimate of drug-likeness (QED) is 0.550. The molecule has 1 aliphatic heterocycles. The normalized spacial score (nSPS) is 21.9. The topological polar surface area (TPSA) is 105 Å². The van der Waals surface area contributed by atoms with E-state index in [1.54, 1.807) is 18.2 Å². The standard InChI is InChI=1S/C20H29N3O5S/c24-19(20(25)22-16-9-4-1-2-5-10-16)21-15-18-23(13-8-14-28-18)29(26,27)17-11-6-3-7-12-17/h3,6-7,11-12,16,18H,1-2,4-5,8-10,13-15H2,(H,21,24)(H,22,25)/t18-/m1/s1. The average molecular weight is 424 g/mol. The van der Waals surface area contributed by atoms with Gasteiger partial charge in [-0.15, -0.1) is 0 Å². The lowest BCUT2D eigenvalue weighted by Crippen LogP contribution is -2.53. The number of ether oxygens (including phenoxy) is 1. The zero-order valence-corrected chi connectivity index (χ0v) is 17.3. The molecule has 2 fully saturated rings. The molecule has 9 heteroatoms. The van der Waals surface area contributed by atoms with Crippen LogP contribution in [0.25, 0.3) is 0 Å². The molecule has 1 aromatic rings. The number of hydrogen-bond donors (Lipinski definition) is 2. The summed E-state index contributed by atoms with van der Waals surface area (Å²) in [4.78, 5) is 24.6. The summed E-state index contributed by atoms with van der Waals surface area (Å²) in [6, 6.07) is 8.14. The largest absolute Gasteiger partial charge is 0.360 e. The van der Waals surface area contributed by atoms with E-state index in [2.05, 4.69) is 10.6 Å². The number of nitrogens with one attached hydrogen (secondary N) is 2. The second-order valence-electron chi connectivity index (χ2n) is 7.48. The first-order valence-electron chi connectivity index (χ1n) is 10.3. The Morgan fingerprint density at radius 3 is 2.38 bits per heavy atom. The summed E-state index contributed by atoms with van der Waals surface area (Å²) in [5, 5.41) is 5.32. The summed E-state index contributed by atoms with van der Waals surface area (Å²) < 4.78 is 32.7. The Morgan fingerprint density at radius 1 is 1.00 bits per heavy atom. The SMILES string of the molecule is O=C(NC[C@H]1OCCCN1S(=O)(=O)c1ccccc1)C(=O)NC1CCCCCC1. The molecule has 1 saturated heterocycles. The van der Waals surface area contributed by atoms with Crippen LogP contribution in [0.15, 0.2) is 35.2 Å². The van der Waals surface area contributed by atoms with E-state index >= 15 is 0 Å². The van der Waals surface area contributed by atoms with Crippen LogP contribution in [0.2, 0.25) is 0 Å². The van der Waals surface area contributed by atoms with Crippen molar-refractivity contribution < 1.29 is 22.7 Å². The number of rotatable bonds is 5. The van der Waals surface area contributed by atoms with Crippen LogP contribution in [0.4, 0.5) is 0 Å². The molecule has 0 unspecified atom stereocenters. The van der Waals surface area contributed by atoms with Crippen molar-refractivity contribution in [2.45, 2.75) is 62.1 Å². The van der Waals surface area contributed by atoms with Gasteiger partial charge in [0, 0.05) is 12.6 Å². The second kappa shape index (κ2) is 10.2. The van der Waals surface area contributed by atoms with Gasteiger partial charge in [-0.25, -0.2) is 8.42 Å². The molecule has 1 saturated carbocycles. The summed E-state index contributed by atoms with van der Waals surface area (Å²) in [5.41, 5.74) is 0. The maximum atomic E-state index is 12.9. The fourth-order valence-electron chi connectivity index (χ4n) is 3.77. The van der Waals surface area contributed by atoms with Gasteiger partial charge in [-0.3, -0.25) is 9.59 Å². The van der Waals surface area contributed by atoms with Crippen molar-refractivity contribution in [3.63, 3.8) is 0 Å². The highest BCUT2D eigenvalue weighted by Crippen LogP contribution is 2.22. The van der Waals surface area contributed by atoms with Gasteiger partial charge in [0.25, 0.3) is 0 Å². The summed E-state index contributed by atoms with van der Waals surface area (Å²) in [7, 11) is -3.75. The number of carbonyl (C=O) groups is 2. The van der Waals surface area contributed by atoms with Crippen LogP contribution in [-0.4, -0.2) is 56.5 Å². The molecule has 0 bridgehead atoms. The third-order valence-corrected chi connectivity index (χ3v) is 7.24. The van der Waals surface area contributed by atoms with Gasteiger partial charge in [-0.05, 0) is 31.4 Å². The number of carbonyl (C=O) groups excluding carboxylic acids is 2. The van der Waals surface area contributed by atoms with Gasteiger partial charge in [-0.1, -0.05) is 43.9 Å². The predicted molar refractivity (Wildman–Crippen MR) is 107 cm³/mol. The lowest BCUT2D eigenvalue weighted by molar-refractivity contribution is -0.140. The Kier molecular flexibility index (Phi) is 7.63. The van der Waals surface area contributed by atoms with Gasteiger partial charge < -0.3 is 15.4 Å². The van der Waals surface area contributed by atoms with E-state index in [4.69, 9.17) is 4.74 Å². The Hall–Kier alpha value is -1.97. The Morgan fingerprint density at radius 2 is 1.69 bits per heavy atom. The number of sulfonamides is 1. The van der Waals surface area contributed by atoms with Gasteiger partial charge in [0.1, 0.15) is 6.23 Å². The third kappa shape index (κ3) is 5.77. The van der Waals surface area contributed by atoms with Crippen LogP contribution in [0, 0.1) is 0 Å². The molecular formula is C20H29N3O5S. The van der Waals surface area contributed by atoms with Crippen LogP contribution in [0.3, 0.4) is 0 Å². The van der Waals surface area contributed by atoms with Gasteiger partial charge in [0.05, 0.1) is 18.0 Å². The van der Waals surface area contributed by atoms with E-state index < -0.39 is 28.1 Å². The van der Waals surface area contributed by atoms with E-state index in [-0.39, 0.29) is 17.5 Å². The van der Waals surface area contributed by atoms with E-state index in [9.17, 15) is 18.0 Å². The molecular weight excluding hydrogens is 394 g/mol. The molecule has 1 aliphatic carbocycles. The van der Waals surface area contributed by atoms with Gasteiger partial charge >= 0.3 is 11.8 Å². The number of hydrogen-bond acceptors (Lipinski definition) is 5. The van der Waals surface area contributed by atoms with Gasteiger partial charge in [0.15, 0.2) is 0 Å². The number of benzene rings is 1. The predicted octanol–water partition coefficient (Wildman–Crippen LogP) is 1.38. The van der Waals surface area contributed by atoms with Crippen molar-refractivity contribution in [1.82, 2.24) is 14.9 Å². The van der Waals surface area contributed by atoms with E-state index in [1.165, 1.54) is 16.4 Å². The minimum atomic E-state index is -3.75. The molecule has 29 heavy (non-hydrogen) atoms. The smallest absolute Gasteiger partial charge is 0.309 e. The first kappa shape index (κ1) is 21.7. The molecule has 0 radical (unpaired) electrons. The van der Waals surface area contributed by atoms with Crippen LogP contribution in [0.1, 0.15) is 44.9 Å². The fourth-order valence-corrected chi connectivity index (χ4v) is 5.35. The Bertz CT molecular complexity index is 792. The van der Waals surface area contributed by atoms with Crippen molar-refractivity contribution in [2.24, 2.45) is 0 Å². The minimum Gasteiger partial charge on any atom is -0.360 e. The molecule has 3 rings (SSSR count). The van der Waals surface area contributed by atoms with Crippen molar-refractivity contribution >= 4 is 21.8 Å². The van der Waals surface area contributed by atoms with Crippen LogP contribution in [-0.2, 0) is 24.3 Å². The van der Waals surface area contributed by atoms with Crippen LogP contribution < -0.4 is 10.6 Å². The fraction of sp³-hybridized carbons (Fsp3) is 0.600. The van der Waals surface area contributed by atoms with Crippen LogP contribution in [0.5, 0.6) is 0 Å². The summed E-state index contributed by atoms with van der Waals surface area (Å²) in [6.45, 7) is 0.616. The van der Waals surface area contributed by atoms with Crippen molar-refractivity contribution in [3.05, 3.63) is 30.3 Å². The molecule has 1 atom stereocenters. The van der Waals surface area contributed by atoms with E-state index in [0.29, 0.717) is 19.6 Å². The molecule has 2 N–H and O–H groups in total. The highest BCUT2D eigenvalue weighted by Gasteiger charge is 2.35. The number of nitrogens with zero attached hydrogens (tertiary/aromatic N) is 1. The highest BCUT2D eigenvalue weighted by molar-refractivity contribution is 7.89. The highest BCUT2D eigenvalue weighted by atomic mass is 32.2. The maximum Gasteiger partial charge on any atom is 0.309 e. The second-order valence-corrected chi connectivity index (χ2v) is 9.37. The summed E-state index contributed by atoms with van der Waals surface area (Å²) in [5.74, 6) is -1.44. The van der Waals surface area contributed by atoms with Crippen molar-refractivity contribution in [2.75, 3.05) is 19.7 Å². The van der Waals surface area contributed by atoms with Crippen molar-refractivity contribution in [1.29, 1.82) is 0 Å². The molecule has 8 nitrogen and oxygen atoms in total. The summed E-state index contributed by atoms with van der Waals surface area (Å²) >= 11 is 0. The zero-order valence-electron chi connectivity index (χ0n) is 16.5. The number of amides is 2. The average Bonchev–Trinajstić information content (AvgIpc) is 3.01. The molecule has 1 heterocycles. The third-order valence-electron chi connectivity index (χ3n) is 5.34. The van der Waals surface area contributed by atoms with Gasteiger partial charge in [-0.2, -0.15) is 4.31 Å². The molecule has 0 spiro atoms. The lowest BCUT2D eigenvalue weighted by atomic mass is 10.1.